The summed E-state index contributed by atoms with van der Waals surface area (Å²) in [5, 5.41) is 9.87. The third kappa shape index (κ3) is 2.66. The minimum atomic E-state index is -4.47. The van der Waals surface area contributed by atoms with Gasteiger partial charge in [0.05, 0.1) is 11.8 Å². The summed E-state index contributed by atoms with van der Waals surface area (Å²) in [6, 6.07) is 4.59. The topological polar surface area (TPSA) is 33.4 Å². The van der Waals surface area contributed by atoms with Crippen molar-refractivity contribution in [2.24, 2.45) is 0 Å². The fourth-order valence-electron chi connectivity index (χ4n) is 2.04. The van der Waals surface area contributed by atoms with Crippen molar-refractivity contribution in [1.29, 1.82) is 0 Å². The normalized spacial score (nSPS) is 12.7. The Balaban J connectivity index is 2.53. The molecule has 5 heteroatoms. The molecule has 0 fully saturated rings. The Kier molecular flexibility index (Phi) is 3.32. The lowest BCUT2D eigenvalue weighted by atomic mass is 9.88. The van der Waals surface area contributed by atoms with E-state index in [2.05, 4.69) is 0 Å². The Hall–Kier alpha value is -1.91. The molecule has 0 saturated carbocycles. The van der Waals surface area contributed by atoms with Gasteiger partial charge in [0.25, 0.3) is 0 Å². The van der Waals surface area contributed by atoms with E-state index in [1.807, 2.05) is 20.8 Å². The zero-order valence-electron chi connectivity index (χ0n) is 11.4. The first kappa shape index (κ1) is 14.5. The number of rotatable bonds is 1. The lowest BCUT2D eigenvalue weighted by molar-refractivity contribution is -0.137. The minimum absolute atomic E-state index is 0.312. The van der Waals surface area contributed by atoms with Crippen LogP contribution < -0.4 is 0 Å². The lowest BCUT2D eigenvalue weighted by Gasteiger charge is -2.18. The van der Waals surface area contributed by atoms with Crippen molar-refractivity contribution < 1.29 is 22.7 Å². The second kappa shape index (κ2) is 4.58. The minimum Gasteiger partial charge on any atom is -0.507 e. The van der Waals surface area contributed by atoms with Crippen molar-refractivity contribution in [3.8, 4) is 16.9 Å². The molecule has 0 aliphatic carbocycles. The quantitative estimate of drug-likeness (QED) is 0.802. The molecule has 0 aliphatic rings. The molecule has 2 nitrogen and oxygen atoms in total. The van der Waals surface area contributed by atoms with Crippen molar-refractivity contribution in [3.63, 3.8) is 0 Å². The molecule has 0 atom stereocenters. The fraction of sp³-hybridized carbons (Fsp3) is 0.333. The summed E-state index contributed by atoms with van der Waals surface area (Å²) in [6.45, 7) is 5.78. The number of phenolic OH excluding ortho intramolecular Hbond substituents is 1. The molecular formula is C15H15F3O2. The molecule has 108 valence electrons. The largest absolute Gasteiger partial charge is 0.507 e. The van der Waals surface area contributed by atoms with Gasteiger partial charge in [-0.15, -0.1) is 0 Å². The molecule has 1 aromatic carbocycles. The van der Waals surface area contributed by atoms with Crippen LogP contribution in [-0.4, -0.2) is 5.11 Å². The number of aromatic hydroxyl groups is 1. The highest BCUT2D eigenvalue weighted by Gasteiger charge is 2.32. The van der Waals surface area contributed by atoms with Crippen LogP contribution in [0.15, 0.2) is 34.9 Å². The standard InChI is InChI=1S/C15H15F3O2/c1-14(2,3)13-11(6-7-20-13)10-5-4-9(8-12(10)19)15(16,17)18/h4-8,19H,1-3H3. The fourth-order valence-corrected chi connectivity index (χ4v) is 2.04. The molecule has 2 aromatic rings. The smallest absolute Gasteiger partial charge is 0.416 e. The van der Waals surface area contributed by atoms with Crippen LogP contribution in [-0.2, 0) is 11.6 Å². The van der Waals surface area contributed by atoms with Gasteiger partial charge in [0.15, 0.2) is 0 Å². The van der Waals surface area contributed by atoms with Crippen LogP contribution in [0, 0.1) is 0 Å². The zero-order chi connectivity index (χ0) is 15.1. The van der Waals surface area contributed by atoms with Gasteiger partial charge in [-0.1, -0.05) is 20.8 Å². The van der Waals surface area contributed by atoms with Gasteiger partial charge in [0.2, 0.25) is 0 Å². The molecule has 1 N–H and O–H groups in total. The molecule has 1 aromatic heterocycles. The van der Waals surface area contributed by atoms with E-state index in [4.69, 9.17) is 4.42 Å². The highest BCUT2D eigenvalue weighted by molar-refractivity contribution is 5.73. The average molecular weight is 284 g/mol. The number of alkyl halides is 3. The molecule has 0 saturated heterocycles. The van der Waals surface area contributed by atoms with E-state index in [1.54, 1.807) is 6.07 Å². The van der Waals surface area contributed by atoms with Gasteiger partial charge < -0.3 is 9.52 Å². The van der Waals surface area contributed by atoms with Gasteiger partial charge in [-0.3, -0.25) is 0 Å². The van der Waals surface area contributed by atoms with Crippen LogP contribution in [0.3, 0.4) is 0 Å². The zero-order valence-corrected chi connectivity index (χ0v) is 11.4. The summed E-state index contributed by atoms with van der Waals surface area (Å²) in [6.07, 6.45) is -3.01. The Morgan fingerprint density at radius 1 is 1.00 bits per heavy atom. The molecular weight excluding hydrogens is 269 g/mol. The van der Waals surface area contributed by atoms with Crippen molar-refractivity contribution in [2.45, 2.75) is 32.4 Å². The molecule has 2 rings (SSSR count). The van der Waals surface area contributed by atoms with Crippen LogP contribution in [0.4, 0.5) is 13.2 Å². The average Bonchev–Trinajstić information content (AvgIpc) is 2.75. The Morgan fingerprint density at radius 3 is 2.15 bits per heavy atom. The lowest BCUT2D eigenvalue weighted by Crippen LogP contribution is -2.11. The first-order chi connectivity index (χ1) is 9.10. The molecule has 0 unspecified atom stereocenters. The van der Waals surface area contributed by atoms with Crippen molar-refractivity contribution >= 4 is 0 Å². The third-order valence-corrected chi connectivity index (χ3v) is 2.96. The number of hydrogen-bond acceptors (Lipinski definition) is 2. The van der Waals surface area contributed by atoms with Crippen LogP contribution in [0.1, 0.15) is 32.1 Å². The molecule has 0 bridgehead atoms. The Morgan fingerprint density at radius 2 is 1.65 bits per heavy atom. The first-order valence-corrected chi connectivity index (χ1v) is 6.09. The van der Waals surface area contributed by atoms with Gasteiger partial charge in [-0.2, -0.15) is 13.2 Å². The second-order valence-corrected chi connectivity index (χ2v) is 5.64. The van der Waals surface area contributed by atoms with E-state index in [9.17, 15) is 18.3 Å². The predicted octanol–water partition coefficient (Wildman–Crippen LogP) is 4.97. The van der Waals surface area contributed by atoms with Gasteiger partial charge in [0.1, 0.15) is 11.5 Å². The maximum Gasteiger partial charge on any atom is 0.416 e. The number of benzene rings is 1. The molecule has 0 amide bonds. The monoisotopic (exact) mass is 284 g/mol. The van der Waals surface area contributed by atoms with Crippen LogP contribution in [0.25, 0.3) is 11.1 Å². The number of hydrogen-bond donors (Lipinski definition) is 1. The summed E-state index contributed by atoms with van der Waals surface area (Å²) in [7, 11) is 0. The van der Waals surface area contributed by atoms with Gasteiger partial charge >= 0.3 is 6.18 Å². The third-order valence-electron chi connectivity index (χ3n) is 2.96. The number of phenols is 1. The van der Waals surface area contributed by atoms with Crippen LogP contribution in [0.2, 0.25) is 0 Å². The Bertz CT molecular complexity index is 619. The molecule has 0 radical (unpaired) electrons. The van der Waals surface area contributed by atoms with E-state index >= 15 is 0 Å². The molecule has 0 spiro atoms. The summed E-state index contributed by atoms with van der Waals surface area (Å²) >= 11 is 0. The molecule has 20 heavy (non-hydrogen) atoms. The summed E-state index contributed by atoms with van der Waals surface area (Å²) in [4.78, 5) is 0. The van der Waals surface area contributed by atoms with Crippen molar-refractivity contribution in [3.05, 3.63) is 41.9 Å². The van der Waals surface area contributed by atoms with Crippen LogP contribution >= 0.6 is 0 Å². The van der Waals surface area contributed by atoms with E-state index in [-0.39, 0.29) is 5.41 Å². The Labute approximate surface area is 114 Å². The van der Waals surface area contributed by atoms with Gasteiger partial charge in [0, 0.05) is 16.5 Å². The summed E-state index contributed by atoms with van der Waals surface area (Å²) in [5.74, 6) is 0.208. The second-order valence-electron chi connectivity index (χ2n) is 5.64. The summed E-state index contributed by atoms with van der Waals surface area (Å²) < 4.78 is 43.1. The van der Waals surface area contributed by atoms with E-state index in [0.29, 0.717) is 16.9 Å². The number of furan rings is 1. The van der Waals surface area contributed by atoms with Gasteiger partial charge in [-0.25, -0.2) is 0 Å². The molecule has 1 heterocycles. The highest BCUT2D eigenvalue weighted by Crippen LogP contribution is 2.40. The SMILES string of the molecule is CC(C)(C)c1occc1-c1ccc(C(F)(F)F)cc1O. The predicted molar refractivity (Wildman–Crippen MR) is 69.5 cm³/mol. The van der Waals surface area contributed by atoms with E-state index in [1.165, 1.54) is 12.3 Å². The molecule has 0 aliphatic heterocycles. The maximum absolute atomic E-state index is 12.6. The van der Waals surface area contributed by atoms with Crippen LogP contribution in [0.5, 0.6) is 5.75 Å². The maximum atomic E-state index is 12.6. The number of halogens is 3. The van der Waals surface area contributed by atoms with Crippen molar-refractivity contribution in [1.82, 2.24) is 0 Å². The van der Waals surface area contributed by atoms with Crippen molar-refractivity contribution in [2.75, 3.05) is 0 Å². The first-order valence-electron chi connectivity index (χ1n) is 6.09. The van der Waals surface area contributed by atoms with Gasteiger partial charge in [-0.05, 0) is 24.3 Å². The summed E-state index contributed by atoms with van der Waals surface area (Å²) in [5.41, 5.74) is -0.256. The van der Waals surface area contributed by atoms with E-state index in [0.717, 1.165) is 12.1 Å². The highest BCUT2D eigenvalue weighted by atomic mass is 19.4. The van der Waals surface area contributed by atoms with E-state index < -0.39 is 17.5 Å².